The summed E-state index contributed by atoms with van der Waals surface area (Å²) in [7, 11) is 0. The largest absolute Gasteiger partial charge is 0.416 e. The Morgan fingerprint density at radius 3 is 2.44 bits per heavy atom. The normalized spacial score (nSPS) is 18.5. The van der Waals surface area contributed by atoms with Gasteiger partial charge < -0.3 is 9.64 Å². The van der Waals surface area contributed by atoms with Crippen LogP contribution in [0.4, 0.5) is 13.2 Å². The zero-order chi connectivity index (χ0) is 18.6. The summed E-state index contributed by atoms with van der Waals surface area (Å²) in [6.07, 6.45) is -3.18. The number of hydrogen-bond donors (Lipinski definition) is 0. The number of halogens is 3. The van der Waals surface area contributed by atoms with E-state index < -0.39 is 17.7 Å². The fourth-order valence-corrected chi connectivity index (χ4v) is 2.81. The van der Waals surface area contributed by atoms with Crippen molar-refractivity contribution < 1.29 is 27.5 Å². The summed E-state index contributed by atoms with van der Waals surface area (Å²) in [6.45, 7) is 4.48. The van der Waals surface area contributed by atoms with Gasteiger partial charge in [0.25, 0.3) is 0 Å². The lowest BCUT2D eigenvalue weighted by Gasteiger charge is -2.32. The number of carbonyl (C=O) groups is 2. The van der Waals surface area contributed by atoms with Crippen LogP contribution in [-0.2, 0) is 15.7 Å². The maximum absolute atomic E-state index is 12.6. The second-order valence-corrected chi connectivity index (χ2v) is 6.48. The molecular weight excluding hydrogens is 335 g/mol. The molecule has 4 nitrogen and oxygen atoms in total. The molecule has 1 aromatic carbocycles. The first-order chi connectivity index (χ1) is 11.7. The molecule has 0 radical (unpaired) electrons. The van der Waals surface area contributed by atoms with Gasteiger partial charge in [-0.15, -0.1) is 0 Å². The van der Waals surface area contributed by atoms with Crippen LogP contribution in [0.3, 0.4) is 0 Å². The third-order valence-corrected chi connectivity index (χ3v) is 4.18. The average molecular weight is 357 g/mol. The van der Waals surface area contributed by atoms with Crippen molar-refractivity contribution in [1.29, 1.82) is 0 Å². The van der Waals surface area contributed by atoms with Gasteiger partial charge in [0.05, 0.1) is 11.7 Å². The third kappa shape index (κ3) is 5.29. The molecule has 1 heterocycles. The third-order valence-electron chi connectivity index (χ3n) is 4.18. The zero-order valence-corrected chi connectivity index (χ0v) is 14.3. The molecule has 138 valence electrons. The number of ether oxygens (including phenoxy) is 1. The highest BCUT2D eigenvalue weighted by molar-refractivity contribution is 5.98. The van der Waals surface area contributed by atoms with Crippen molar-refractivity contribution in [2.24, 2.45) is 5.92 Å². The molecule has 7 heteroatoms. The number of rotatable bonds is 5. The van der Waals surface area contributed by atoms with E-state index in [0.717, 1.165) is 12.1 Å². The van der Waals surface area contributed by atoms with Gasteiger partial charge in [-0.3, -0.25) is 9.59 Å². The van der Waals surface area contributed by atoms with Crippen LogP contribution in [0.15, 0.2) is 24.3 Å². The molecule has 0 aliphatic carbocycles. The Balaban J connectivity index is 2.00. The monoisotopic (exact) mass is 357 g/mol. The van der Waals surface area contributed by atoms with E-state index in [2.05, 4.69) is 0 Å². The molecule has 1 amide bonds. The van der Waals surface area contributed by atoms with Gasteiger partial charge in [-0.25, -0.2) is 0 Å². The minimum absolute atomic E-state index is 0.0289. The summed E-state index contributed by atoms with van der Waals surface area (Å²) in [4.78, 5) is 26.3. The number of Topliss-reactive ketones (excluding diaryl/α,β-unsaturated/α-hetero) is 1. The number of alkyl halides is 3. The second-order valence-electron chi connectivity index (χ2n) is 6.48. The summed E-state index contributed by atoms with van der Waals surface area (Å²) in [5.41, 5.74) is -0.541. The van der Waals surface area contributed by atoms with Crippen LogP contribution in [-0.4, -0.2) is 42.4 Å². The minimum atomic E-state index is -4.42. The van der Waals surface area contributed by atoms with E-state index in [1.165, 1.54) is 12.1 Å². The lowest BCUT2D eigenvalue weighted by Crippen LogP contribution is -2.44. The van der Waals surface area contributed by atoms with Gasteiger partial charge >= 0.3 is 6.18 Å². The summed E-state index contributed by atoms with van der Waals surface area (Å²) < 4.78 is 43.1. The highest BCUT2D eigenvalue weighted by Gasteiger charge is 2.32. The van der Waals surface area contributed by atoms with E-state index >= 15 is 0 Å². The Morgan fingerprint density at radius 1 is 1.24 bits per heavy atom. The van der Waals surface area contributed by atoms with Crippen LogP contribution in [0.25, 0.3) is 0 Å². The van der Waals surface area contributed by atoms with E-state index in [-0.39, 0.29) is 36.5 Å². The molecule has 0 unspecified atom stereocenters. The zero-order valence-electron chi connectivity index (χ0n) is 14.3. The van der Waals surface area contributed by atoms with Crippen LogP contribution >= 0.6 is 0 Å². The van der Waals surface area contributed by atoms with Crippen LogP contribution in [0, 0.1) is 5.92 Å². The van der Waals surface area contributed by atoms with E-state index in [1.54, 1.807) is 4.90 Å². The molecule has 25 heavy (non-hydrogen) atoms. The standard InChI is InChI=1S/C18H22F3NO3/c1-12(2)25-11-16(23)22-9-3-4-14(10-22)17(24)13-5-7-15(8-6-13)18(19,20)21/h5-8,12,14H,3-4,9-11H2,1-2H3/t14-/m1/s1. The molecule has 0 bridgehead atoms. The van der Waals surface area contributed by atoms with Crippen molar-refractivity contribution in [3.63, 3.8) is 0 Å². The summed E-state index contributed by atoms with van der Waals surface area (Å²) in [5, 5.41) is 0. The number of amides is 1. The molecule has 1 aliphatic rings. The number of nitrogens with zero attached hydrogens (tertiary/aromatic N) is 1. The Morgan fingerprint density at radius 2 is 1.88 bits per heavy atom. The Labute approximate surface area is 144 Å². The number of carbonyl (C=O) groups excluding carboxylic acids is 2. The van der Waals surface area contributed by atoms with E-state index in [4.69, 9.17) is 4.74 Å². The number of benzene rings is 1. The maximum atomic E-state index is 12.6. The molecular formula is C18H22F3NO3. The summed E-state index contributed by atoms with van der Waals surface area (Å²) >= 11 is 0. The SMILES string of the molecule is CC(C)OCC(=O)N1CCC[C@@H](C(=O)c2ccc(C(F)(F)F)cc2)C1. The highest BCUT2D eigenvalue weighted by atomic mass is 19.4. The molecule has 0 saturated carbocycles. The fraction of sp³-hybridized carbons (Fsp3) is 0.556. The van der Waals surface area contributed by atoms with Crippen molar-refractivity contribution in [3.8, 4) is 0 Å². The predicted octanol–water partition coefficient (Wildman–Crippen LogP) is 3.55. The Hall–Kier alpha value is -1.89. The van der Waals surface area contributed by atoms with Gasteiger partial charge in [-0.1, -0.05) is 12.1 Å². The van der Waals surface area contributed by atoms with Gasteiger partial charge in [-0.2, -0.15) is 13.2 Å². The molecule has 1 saturated heterocycles. The Kier molecular flexibility index (Phi) is 6.21. The van der Waals surface area contributed by atoms with Crippen molar-refractivity contribution in [2.45, 2.75) is 39.0 Å². The molecule has 0 N–H and O–H groups in total. The molecule has 0 aromatic heterocycles. The van der Waals surface area contributed by atoms with E-state index in [9.17, 15) is 22.8 Å². The summed E-state index contributed by atoms with van der Waals surface area (Å²) in [5.74, 6) is -0.789. The average Bonchev–Trinajstić information content (AvgIpc) is 2.58. The maximum Gasteiger partial charge on any atom is 0.416 e. The van der Waals surface area contributed by atoms with Gasteiger partial charge in [0.15, 0.2) is 5.78 Å². The van der Waals surface area contributed by atoms with Crippen molar-refractivity contribution in [2.75, 3.05) is 19.7 Å². The lowest BCUT2D eigenvalue weighted by atomic mass is 9.89. The Bertz CT molecular complexity index is 611. The van der Waals surface area contributed by atoms with Crippen LogP contribution in [0.1, 0.15) is 42.6 Å². The van der Waals surface area contributed by atoms with Gasteiger partial charge in [-0.05, 0) is 38.8 Å². The van der Waals surface area contributed by atoms with Gasteiger partial charge in [0.1, 0.15) is 6.61 Å². The smallest absolute Gasteiger partial charge is 0.369 e. The second kappa shape index (κ2) is 7.99. The number of hydrogen-bond acceptors (Lipinski definition) is 3. The predicted molar refractivity (Wildman–Crippen MR) is 86.2 cm³/mol. The topological polar surface area (TPSA) is 46.6 Å². The van der Waals surface area contributed by atoms with E-state index in [0.29, 0.717) is 19.4 Å². The lowest BCUT2D eigenvalue weighted by molar-refractivity contribution is -0.139. The van der Waals surface area contributed by atoms with Crippen LogP contribution in [0.5, 0.6) is 0 Å². The fourth-order valence-electron chi connectivity index (χ4n) is 2.81. The molecule has 1 atom stereocenters. The highest BCUT2D eigenvalue weighted by Crippen LogP contribution is 2.30. The molecule has 1 aliphatic heterocycles. The minimum Gasteiger partial charge on any atom is -0.369 e. The van der Waals surface area contributed by atoms with Crippen LogP contribution in [0.2, 0.25) is 0 Å². The molecule has 0 spiro atoms. The quantitative estimate of drug-likeness (QED) is 0.757. The molecule has 1 aromatic rings. The first kappa shape index (κ1) is 19.4. The van der Waals surface area contributed by atoms with Crippen molar-refractivity contribution >= 4 is 11.7 Å². The van der Waals surface area contributed by atoms with Gasteiger partial charge in [0.2, 0.25) is 5.91 Å². The van der Waals surface area contributed by atoms with E-state index in [1.807, 2.05) is 13.8 Å². The number of ketones is 1. The van der Waals surface area contributed by atoms with Crippen molar-refractivity contribution in [1.82, 2.24) is 4.90 Å². The molecule has 1 fully saturated rings. The molecule has 2 rings (SSSR count). The first-order valence-electron chi connectivity index (χ1n) is 8.29. The first-order valence-corrected chi connectivity index (χ1v) is 8.29. The number of piperidine rings is 1. The summed E-state index contributed by atoms with van der Waals surface area (Å²) in [6, 6.07) is 4.23. The number of likely N-dealkylation sites (tertiary alicyclic amines) is 1. The van der Waals surface area contributed by atoms with Gasteiger partial charge in [0, 0.05) is 24.6 Å². The van der Waals surface area contributed by atoms with Crippen LogP contribution < -0.4 is 0 Å². The van der Waals surface area contributed by atoms with Crippen molar-refractivity contribution in [3.05, 3.63) is 35.4 Å².